The van der Waals surface area contributed by atoms with Crippen LogP contribution in [0.1, 0.15) is 39.7 Å². The number of aromatic nitrogens is 3. The summed E-state index contributed by atoms with van der Waals surface area (Å²) in [4.78, 5) is 16.9. The molecule has 2 heterocycles. The van der Waals surface area contributed by atoms with Gasteiger partial charge in [-0.2, -0.15) is 5.10 Å². The maximum absolute atomic E-state index is 10.7. The van der Waals surface area contributed by atoms with Gasteiger partial charge in [0.15, 0.2) is 0 Å². The van der Waals surface area contributed by atoms with E-state index in [0.29, 0.717) is 43.7 Å². The molecule has 2 N–H and O–H groups in total. The van der Waals surface area contributed by atoms with Gasteiger partial charge in [0.1, 0.15) is 5.75 Å². The fourth-order valence-electron chi connectivity index (χ4n) is 3.83. The maximum atomic E-state index is 10.7. The Morgan fingerprint density at radius 3 is 2.58 bits per heavy atom. The van der Waals surface area contributed by atoms with Crippen molar-refractivity contribution in [2.45, 2.75) is 38.6 Å². The average molecular weight is 487 g/mol. The number of aliphatic carboxylic acids is 1. The number of carboxylic acids is 1. The van der Waals surface area contributed by atoms with Crippen molar-refractivity contribution in [1.82, 2.24) is 15.2 Å². The first kappa shape index (κ1) is 22.3. The minimum Gasteiger partial charge on any atom is -0.493 e. The summed E-state index contributed by atoms with van der Waals surface area (Å²) in [6.45, 7) is -1.09. The van der Waals surface area contributed by atoms with Crippen LogP contribution in [0.5, 0.6) is 5.75 Å². The summed E-state index contributed by atoms with van der Waals surface area (Å²) in [5, 5.41) is 15.6. The second-order valence-electron chi connectivity index (χ2n) is 8.42. The molecule has 186 valence electrons. The lowest BCUT2D eigenvalue weighted by Gasteiger charge is -2.26. The number of anilines is 1. The van der Waals surface area contributed by atoms with E-state index in [-0.39, 0.29) is 6.42 Å². The standard InChI is InChI=1S/C29H32N4O3/c34-29(35)11-2-1-7-19-36-28-10-4-3-8-24(28)22-33(18-16-26-9-5-6-17-30-26)27-14-12-23(13-15-27)25-20-31-32-21-25/h3-6,8-10,12-15,17,20-21H,1-2,7,11,16,18-19,22H2,(H,31,32)(H,34,35)/i22D2. The van der Waals surface area contributed by atoms with Gasteiger partial charge >= 0.3 is 5.97 Å². The third-order valence-corrected chi connectivity index (χ3v) is 5.76. The molecule has 7 nitrogen and oxygen atoms in total. The van der Waals surface area contributed by atoms with Crippen LogP contribution in [0.2, 0.25) is 0 Å². The van der Waals surface area contributed by atoms with E-state index in [9.17, 15) is 7.54 Å². The Kier molecular flexibility index (Phi) is 8.12. The molecule has 0 spiro atoms. The normalized spacial score (nSPS) is 12.0. The molecule has 0 saturated heterocycles. The molecule has 0 bridgehead atoms. The van der Waals surface area contributed by atoms with Crippen LogP contribution >= 0.6 is 0 Å². The fraction of sp³-hybridized carbons (Fsp3) is 0.276. The molecule has 0 radical (unpaired) electrons. The Labute approximate surface area is 214 Å². The predicted molar refractivity (Wildman–Crippen MR) is 141 cm³/mol. The van der Waals surface area contributed by atoms with Gasteiger partial charge in [-0.25, -0.2) is 0 Å². The highest BCUT2D eigenvalue weighted by Gasteiger charge is 2.13. The van der Waals surface area contributed by atoms with Gasteiger partial charge in [0.05, 0.1) is 15.5 Å². The lowest BCUT2D eigenvalue weighted by Crippen LogP contribution is -2.26. The third-order valence-electron chi connectivity index (χ3n) is 5.76. The molecule has 0 atom stereocenters. The van der Waals surface area contributed by atoms with E-state index < -0.39 is 12.5 Å². The smallest absolute Gasteiger partial charge is 0.303 e. The van der Waals surface area contributed by atoms with E-state index in [2.05, 4.69) is 15.2 Å². The SMILES string of the molecule is [2H]C([2H])(c1ccccc1OCCCCCC(=O)O)N(CCc1ccccn1)c1ccc(-c2cn[nH]c2)cc1. The lowest BCUT2D eigenvalue weighted by molar-refractivity contribution is -0.137. The minimum absolute atomic E-state index is 0.143. The topological polar surface area (TPSA) is 91.3 Å². The number of rotatable bonds is 14. The molecule has 2 aromatic heterocycles. The van der Waals surface area contributed by atoms with Crippen LogP contribution in [0, 0.1) is 0 Å². The summed E-state index contributed by atoms with van der Waals surface area (Å²) >= 11 is 0. The molecule has 36 heavy (non-hydrogen) atoms. The first-order valence-corrected chi connectivity index (χ1v) is 12.2. The summed E-state index contributed by atoms with van der Waals surface area (Å²) in [6.07, 6.45) is 8.06. The summed E-state index contributed by atoms with van der Waals surface area (Å²) < 4.78 is 24.5. The van der Waals surface area contributed by atoms with Gasteiger partial charge in [-0.3, -0.25) is 14.9 Å². The summed E-state index contributed by atoms with van der Waals surface area (Å²) in [6, 6.07) is 20.7. The molecule has 0 aliphatic rings. The average Bonchev–Trinajstić information content (AvgIpc) is 3.47. The number of nitrogens with zero attached hydrogens (tertiary/aromatic N) is 3. The number of H-pyrrole nitrogens is 1. The van der Waals surface area contributed by atoms with Crippen molar-refractivity contribution in [2.75, 3.05) is 18.1 Å². The molecule has 0 unspecified atom stereocenters. The summed E-state index contributed by atoms with van der Waals surface area (Å²) in [7, 11) is 0. The molecule has 0 aliphatic carbocycles. The zero-order chi connectivity index (χ0) is 26.8. The number of unbranched alkanes of at least 4 members (excludes halogenated alkanes) is 2. The maximum Gasteiger partial charge on any atom is 0.303 e. The number of ether oxygens (including phenoxy) is 1. The predicted octanol–water partition coefficient (Wildman–Crippen LogP) is 5.74. The van der Waals surface area contributed by atoms with Gasteiger partial charge in [-0.05, 0) is 55.2 Å². The highest BCUT2D eigenvalue weighted by atomic mass is 16.5. The molecular formula is C29H32N4O3. The van der Waals surface area contributed by atoms with Gasteiger partial charge in [0, 0.05) is 60.8 Å². The first-order valence-electron chi connectivity index (χ1n) is 13.2. The number of carbonyl (C=O) groups is 1. The number of aromatic amines is 1. The second kappa shape index (κ2) is 13.1. The number of nitrogens with one attached hydrogen (secondary N) is 1. The van der Waals surface area contributed by atoms with Crippen LogP contribution in [0.15, 0.2) is 85.3 Å². The first-order chi connectivity index (χ1) is 18.4. The van der Waals surface area contributed by atoms with E-state index in [4.69, 9.17) is 9.84 Å². The largest absolute Gasteiger partial charge is 0.493 e. The van der Waals surface area contributed by atoms with E-state index in [1.807, 2.05) is 60.8 Å². The number of hydrogen-bond donors (Lipinski definition) is 2. The van der Waals surface area contributed by atoms with Crippen LogP contribution in [0.4, 0.5) is 5.69 Å². The van der Waals surface area contributed by atoms with Crippen LogP contribution < -0.4 is 9.64 Å². The fourth-order valence-corrected chi connectivity index (χ4v) is 3.83. The number of para-hydroxylation sites is 1. The van der Waals surface area contributed by atoms with Crippen LogP contribution in [-0.2, 0) is 17.7 Å². The quantitative estimate of drug-likeness (QED) is 0.221. The number of hydrogen-bond acceptors (Lipinski definition) is 5. The molecular weight excluding hydrogens is 452 g/mol. The van der Waals surface area contributed by atoms with E-state index in [0.717, 1.165) is 28.9 Å². The van der Waals surface area contributed by atoms with Crippen molar-refractivity contribution in [3.05, 3.63) is 96.6 Å². The van der Waals surface area contributed by atoms with Crippen molar-refractivity contribution >= 4 is 11.7 Å². The highest BCUT2D eigenvalue weighted by Crippen LogP contribution is 2.27. The van der Waals surface area contributed by atoms with Gasteiger partial charge in [-0.1, -0.05) is 36.4 Å². The molecule has 2 aromatic carbocycles. The Morgan fingerprint density at radius 2 is 1.83 bits per heavy atom. The zero-order valence-corrected chi connectivity index (χ0v) is 20.1. The van der Waals surface area contributed by atoms with E-state index in [1.165, 1.54) is 0 Å². The van der Waals surface area contributed by atoms with E-state index in [1.54, 1.807) is 29.4 Å². The Hall–Kier alpha value is -4.13. The Morgan fingerprint density at radius 1 is 1.00 bits per heavy atom. The van der Waals surface area contributed by atoms with Crippen molar-refractivity contribution in [3.8, 4) is 16.9 Å². The molecule has 4 rings (SSSR count). The minimum atomic E-state index is -1.88. The Balaban J connectivity index is 1.56. The van der Waals surface area contributed by atoms with Crippen molar-refractivity contribution < 1.29 is 17.4 Å². The van der Waals surface area contributed by atoms with Gasteiger partial charge in [0.25, 0.3) is 0 Å². The van der Waals surface area contributed by atoms with Gasteiger partial charge in [-0.15, -0.1) is 0 Å². The molecule has 0 saturated carbocycles. The molecule has 0 aliphatic heterocycles. The second-order valence-corrected chi connectivity index (χ2v) is 8.42. The van der Waals surface area contributed by atoms with Crippen LogP contribution in [0.3, 0.4) is 0 Å². The molecule has 7 heteroatoms. The highest BCUT2D eigenvalue weighted by molar-refractivity contribution is 5.66. The number of pyridine rings is 1. The van der Waals surface area contributed by atoms with E-state index >= 15 is 0 Å². The summed E-state index contributed by atoms with van der Waals surface area (Å²) in [5.74, 6) is -0.318. The Bertz CT molecular complexity index is 1280. The monoisotopic (exact) mass is 486 g/mol. The van der Waals surface area contributed by atoms with Crippen LogP contribution in [0.25, 0.3) is 11.1 Å². The van der Waals surface area contributed by atoms with Gasteiger partial charge < -0.3 is 14.7 Å². The lowest BCUT2D eigenvalue weighted by atomic mass is 10.1. The summed E-state index contributed by atoms with van der Waals surface area (Å²) in [5.41, 5.74) is 4.00. The third kappa shape index (κ3) is 7.43. The van der Waals surface area contributed by atoms with Crippen LogP contribution in [-0.4, -0.2) is 39.4 Å². The van der Waals surface area contributed by atoms with Crippen molar-refractivity contribution in [3.63, 3.8) is 0 Å². The zero-order valence-electron chi connectivity index (χ0n) is 22.1. The molecule has 0 amide bonds. The number of carboxylic acid groups (broad SMARTS) is 1. The molecule has 4 aromatic rings. The van der Waals surface area contributed by atoms with Crippen molar-refractivity contribution in [2.24, 2.45) is 0 Å². The van der Waals surface area contributed by atoms with Gasteiger partial charge in [0.2, 0.25) is 0 Å². The van der Waals surface area contributed by atoms with Crippen molar-refractivity contribution in [1.29, 1.82) is 0 Å². The molecule has 0 fully saturated rings. The number of benzene rings is 2.